The fourth-order valence-electron chi connectivity index (χ4n) is 4.52. The van der Waals surface area contributed by atoms with Crippen molar-refractivity contribution in [2.45, 2.75) is 68.9 Å². The summed E-state index contributed by atoms with van der Waals surface area (Å²) in [6.45, 7) is -0.501. The van der Waals surface area contributed by atoms with Gasteiger partial charge in [-0.1, -0.05) is 6.92 Å². The summed E-state index contributed by atoms with van der Waals surface area (Å²) in [6.07, 6.45) is -11.4. The Morgan fingerprint density at radius 1 is 0.978 bits per heavy atom. The second-order valence-electron chi connectivity index (χ2n) is 10.2. The lowest BCUT2D eigenvalue weighted by molar-refractivity contribution is -0.157. The van der Waals surface area contributed by atoms with Crippen LogP contribution in [-0.2, 0) is 46.3 Å². The SMILES string of the molecule is CC(CC(=O)O)CC(=O)O[C@@H]1[C@@H](COP(=O)(O)OP(=O)(O)OC[C@H]2O[C@@H](n3cnc4c(N)ncnc43)[C@H](O)[C@@H]2O)OC(O)[C@@H]1O. The molecule has 2 aromatic heterocycles. The number of nitrogens with two attached hydrogens (primary N) is 1. The molecule has 11 atom stereocenters. The van der Waals surface area contributed by atoms with Crippen molar-refractivity contribution in [2.24, 2.45) is 5.92 Å². The van der Waals surface area contributed by atoms with Gasteiger partial charge in [0, 0.05) is 12.8 Å². The summed E-state index contributed by atoms with van der Waals surface area (Å²) < 4.78 is 55.1. The lowest BCUT2D eigenvalue weighted by atomic mass is 10.0. The van der Waals surface area contributed by atoms with E-state index in [2.05, 4.69) is 28.3 Å². The van der Waals surface area contributed by atoms with Crippen LogP contribution in [0.4, 0.5) is 5.82 Å². The van der Waals surface area contributed by atoms with Gasteiger partial charge in [-0.15, -0.1) is 0 Å². The number of esters is 1. The summed E-state index contributed by atoms with van der Waals surface area (Å²) in [5.74, 6) is -2.76. The molecular formula is C21H31N5O17P2. The van der Waals surface area contributed by atoms with Crippen LogP contribution in [0, 0.1) is 5.92 Å². The first kappa shape index (κ1) is 35.2. The maximum Gasteiger partial charge on any atom is 0.481 e. The molecule has 2 saturated heterocycles. The number of carboxylic acids is 1. The topological polar surface area (TPSA) is 335 Å². The van der Waals surface area contributed by atoms with Crippen molar-refractivity contribution >= 4 is 44.6 Å². The summed E-state index contributed by atoms with van der Waals surface area (Å²) in [5.41, 5.74) is 6.06. The highest BCUT2D eigenvalue weighted by atomic mass is 31.3. The Kier molecular flexibility index (Phi) is 10.9. The van der Waals surface area contributed by atoms with Gasteiger partial charge in [-0.2, -0.15) is 4.31 Å². The van der Waals surface area contributed by atoms with E-state index in [4.69, 9.17) is 25.1 Å². The summed E-state index contributed by atoms with van der Waals surface area (Å²) in [4.78, 5) is 54.8. The molecule has 0 aromatic carbocycles. The second kappa shape index (κ2) is 14.0. The quantitative estimate of drug-likeness (QED) is 0.0769. The van der Waals surface area contributed by atoms with Crippen molar-refractivity contribution < 1.29 is 81.6 Å². The number of aliphatic hydroxyl groups excluding tert-OH is 4. The van der Waals surface area contributed by atoms with E-state index in [0.29, 0.717) is 0 Å². The van der Waals surface area contributed by atoms with Gasteiger partial charge in [0.1, 0.15) is 42.4 Å². The highest BCUT2D eigenvalue weighted by molar-refractivity contribution is 7.61. The van der Waals surface area contributed by atoms with Crippen LogP contribution in [0.15, 0.2) is 12.7 Å². The minimum atomic E-state index is -5.46. The van der Waals surface area contributed by atoms with Crippen LogP contribution in [0.5, 0.6) is 0 Å². The van der Waals surface area contributed by atoms with Crippen molar-refractivity contribution in [2.75, 3.05) is 18.9 Å². The van der Waals surface area contributed by atoms with Crippen LogP contribution >= 0.6 is 15.6 Å². The smallest absolute Gasteiger partial charge is 0.481 e. The minimum Gasteiger partial charge on any atom is -0.481 e. The van der Waals surface area contributed by atoms with Crippen molar-refractivity contribution in [3.63, 3.8) is 0 Å². The van der Waals surface area contributed by atoms with Crippen molar-refractivity contribution in [1.82, 2.24) is 19.5 Å². The lowest BCUT2D eigenvalue weighted by Crippen LogP contribution is -2.39. The number of imidazole rings is 1. The summed E-state index contributed by atoms with van der Waals surface area (Å²) in [7, 11) is -10.9. The largest absolute Gasteiger partial charge is 0.481 e. The van der Waals surface area contributed by atoms with Gasteiger partial charge < -0.3 is 55.3 Å². The number of aliphatic carboxylic acids is 1. The Morgan fingerprint density at radius 2 is 1.62 bits per heavy atom. The van der Waals surface area contributed by atoms with E-state index in [1.807, 2.05) is 0 Å². The number of anilines is 1. The fourth-order valence-corrected chi connectivity index (χ4v) is 6.61. The molecule has 252 valence electrons. The number of hydrogen-bond acceptors (Lipinski definition) is 18. The number of phosphoric acid groups is 2. The van der Waals surface area contributed by atoms with Crippen LogP contribution < -0.4 is 5.73 Å². The Labute approximate surface area is 252 Å². The average Bonchev–Trinajstić information content (AvgIpc) is 3.56. The molecule has 24 heteroatoms. The molecule has 0 aliphatic carbocycles. The predicted molar refractivity (Wildman–Crippen MR) is 141 cm³/mol. The maximum absolute atomic E-state index is 12.4. The standard InChI is InChI=1S/C21H31N5O17P2/c1-8(2-11(27)28)3-12(29)42-17-10(41-21(33)16(17)32)5-39-45(36,37)43-44(34,35)38-4-9-14(30)15(31)20(40-9)26-7-25-13-18(22)23-6-24-19(13)26/h6-10,14-17,20-21,30-33H,2-5H2,1H3,(H,27,28)(H,34,35)(H,36,37)(H2,22,23,24)/t8?,9-,10-,14-,15-,16-,17-,20-,21?/m1/s1. The molecular weight excluding hydrogens is 656 g/mol. The zero-order chi connectivity index (χ0) is 33.3. The zero-order valence-corrected chi connectivity index (χ0v) is 24.9. The molecule has 2 aliphatic heterocycles. The van der Waals surface area contributed by atoms with E-state index in [9.17, 15) is 48.9 Å². The number of ether oxygens (including phenoxy) is 3. The summed E-state index contributed by atoms with van der Waals surface area (Å²) >= 11 is 0. The number of carboxylic acid groups (broad SMARTS) is 1. The van der Waals surface area contributed by atoms with Crippen LogP contribution in [0.3, 0.4) is 0 Å². The van der Waals surface area contributed by atoms with E-state index in [0.717, 1.165) is 6.33 Å². The molecule has 0 amide bonds. The minimum absolute atomic E-state index is 0.0340. The normalized spacial score (nSPS) is 31.8. The molecule has 4 heterocycles. The monoisotopic (exact) mass is 687 g/mol. The van der Waals surface area contributed by atoms with E-state index in [1.165, 1.54) is 17.8 Å². The van der Waals surface area contributed by atoms with Gasteiger partial charge in [0.05, 0.1) is 19.5 Å². The molecule has 9 N–H and O–H groups in total. The van der Waals surface area contributed by atoms with E-state index < -0.39 is 95.9 Å². The predicted octanol–water partition coefficient (Wildman–Crippen LogP) is -2.23. The van der Waals surface area contributed by atoms with Gasteiger partial charge in [0.2, 0.25) is 0 Å². The molecule has 0 bridgehead atoms. The van der Waals surface area contributed by atoms with E-state index >= 15 is 0 Å². The highest BCUT2D eigenvalue weighted by Crippen LogP contribution is 2.60. The number of rotatable bonds is 14. The van der Waals surface area contributed by atoms with E-state index in [1.54, 1.807) is 0 Å². The Hall–Kier alpha value is -2.69. The van der Waals surface area contributed by atoms with Gasteiger partial charge in [-0.3, -0.25) is 23.2 Å². The maximum atomic E-state index is 12.4. The van der Waals surface area contributed by atoms with Crippen LogP contribution in [0.25, 0.3) is 11.2 Å². The Morgan fingerprint density at radius 3 is 2.27 bits per heavy atom. The molecule has 45 heavy (non-hydrogen) atoms. The van der Waals surface area contributed by atoms with Gasteiger partial charge >= 0.3 is 27.6 Å². The third kappa shape index (κ3) is 8.57. The average molecular weight is 687 g/mol. The first-order valence-electron chi connectivity index (χ1n) is 13.0. The Bertz CT molecular complexity index is 1480. The van der Waals surface area contributed by atoms with Crippen molar-refractivity contribution in [3.05, 3.63) is 12.7 Å². The molecule has 0 radical (unpaired) electrons. The number of nitrogens with zero attached hydrogens (tertiary/aromatic N) is 4. The van der Waals surface area contributed by atoms with Gasteiger partial charge in [-0.05, 0) is 5.92 Å². The molecule has 2 fully saturated rings. The van der Waals surface area contributed by atoms with E-state index in [-0.39, 0.29) is 29.8 Å². The first-order chi connectivity index (χ1) is 21.0. The fraction of sp³-hybridized carbons (Fsp3) is 0.667. The van der Waals surface area contributed by atoms with Crippen molar-refractivity contribution in [1.29, 1.82) is 0 Å². The Balaban J connectivity index is 1.31. The van der Waals surface area contributed by atoms with Gasteiger partial charge in [-0.25, -0.2) is 24.1 Å². The van der Waals surface area contributed by atoms with Crippen LogP contribution in [-0.4, -0.2) is 123 Å². The number of carbonyl (C=O) groups excluding carboxylic acids is 1. The number of carbonyl (C=O) groups is 2. The van der Waals surface area contributed by atoms with Gasteiger partial charge in [0.15, 0.2) is 30.1 Å². The zero-order valence-electron chi connectivity index (χ0n) is 23.2. The molecule has 2 aromatic rings. The first-order valence-corrected chi connectivity index (χ1v) is 16.0. The third-order valence-corrected chi connectivity index (χ3v) is 9.23. The molecule has 4 unspecified atom stereocenters. The van der Waals surface area contributed by atoms with Crippen LogP contribution in [0.2, 0.25) is 0 Å². The van der Waals surface area contributed by atoms with Crippen molar-refractivity contribution in [3.8, 4) is 0 Å². The van der Waals surface area contributed by atoms with Gasteiger partial charge in [0.25, 0.3) is 0 Å². The number of aromatic nitrogens is 4. The molecule has 0 saturated carbocycles. The molecule has 4 rings (SSSR count). The number of aliphatic hydroxyl groups is 4. The third-order valence-electron chi connectivity index (χ3n) is 6.62. The molecule has 22 nitrogen and oxygen atoms in total. The lowest BCUT2D eigenvalue weighted by Gasteiger charge is -2.22. The second-order valence-corrected chi connectivity index (χ2v) is 13.2. The molecule has 0 spiro atoms. The van der Waals surface area contributed by atoms with Crippen LogP contribution in [0.1, 0.15) is 26.0 Å². The number of hydrogen-bond donors (Lipinski definition) is 8. The molecule has 2 aliphatic rings. The number of phosphoric ester groups is 2. The summed E-state index contributed by atoms with van der Waals surface area (Å²) in [6, 6.07) is 0. The highest BCUT2D eigenvalue weighted by Gasteiger charge is 2.49. The number of nitrogen functional groups attached to an aromatic ring is 1. The number of fused-ring (bicyclic) bond motifs is 1. The summed E-state index contributed by atoms with van der Waals surface area (Å²) in [5, 5.41) is 49.6.